The molecule has 0 radical (unpaired) electrons. The summed E-state index contributed by atoms with van der Waals surface area (Å²) in [5, 5.41) is 1.24. The van der Waals surface area contributed by atoms with E-state index in [9.17, 15) is 0 Å². The molecule has 2 aromatic heterocycles. The summed E-state index contributed by atoms with van der Waals surface area (Å²) in [4.78, 5) is 7.52. The van der Waals surface area contributed by atoms with Crippen molar-refractivity contribution in [1.82, 2.24) is 9.97 Å². The number of pyridine rings is 1. The average molecular weight is 190 g/mol. The van der Waals surface area contributed by atoms with Gasteiger partial charge in [0, 0.05) is 17.3 Å². The van der Waals surface area contributed by atoms with Gasteiger partial charge in [-0.2, -0.15) is 0 Å². The first-order valence-electron chi connectivity index (χ1n) is 5.10. The van der Waals surface area contributed by atoms with Gasteiger partial charge in [-0.05, 0) is 38.0 Å². The Hall–Kier alpha value is -1.31. The van der Waals surface area contributed by atoms with Crippen LogP contribution in [0.1, 0.15) is 30.7 Å². The molecule has 0 bridgehead atoms. The van der Waals surface area contributed by atoms with E-state index in [4.69, 9.17) is 0 Å². The van der Waals surface area contributed by atoms with Crippen LogP contribution in [0.5, 0.6) is 0 Å². The first kappa shape index (κ1) is 10.8. The molecule has 0 aliphatic heterocycles. The number of aromatic nitrogens is 2. The van der Waals surface area contributed by atoms with Crippen molar-refractivity contribution in [2.45, 2.75) is 34.6 Å². The van der Waals surface area contributed by atoms with Crippen molar-refractivity contribution in [3.63, 3.8) is 0 Å². The maximum atomic E-state index is 4.31. The fraction of sp³-hybridized carbons (Fsp3) is 0.417. The first-order valence-corrected chi connectivity index (χ1v) is 5.10. The Morgan fingerprint density at radius 1 is 1.14 bits per heavy atom. The van der Waals surface area contributed by atoms with E-state index in [1.807, 2.05) is 20.0 Å². The molecule has 0 fully saturated rings. The van der Waals surface area contributed by atoms with Crippen LogP contribution < -0.4 is 0 Å². The van der Waals surface area contributed by atoms with Gasteiger partial charge in [0.2, 0.25) is 0 Å². The molecule has 1 N–H and O–H groups in total. The van der Waals surface area contributed by atoms with E-state index in [0.717, 1.165) is 5.65 Å². The van der Waals surface area contributed by atoms with Crippen molar-refractivity contribution in [1.29, 1.82) is 0 Å². The van der Waals surface area contributed by atoms with Crippen LogP contribution in [0.4, 0.5) is 0 Å². The Kier molecular flexibility index (Phi) is 3.28. The number of nitrogens with one attached hydrogen (secondary N) is 1. The molecule has 2 aromatic rings. The maximum absolute atomic E-state index is 4.31. The van der Waals surface area contributed by atoms with Crippen LogP contribution >= 0.6 is 0 Å². The maximum Gasteiger partial charge on any atom is 0.137 e. The highest BCUT2D eigenvalue weighted by atomic mass is 14.8. The number of nitrogens with zero attached hydrogens (tertiary/aromatic N) is 1. The third kappa shape index (κ3) is 1.79. The lowest BCUT2D eigenvalue weighted by atomic mass is 10.1. The third-order valence-electron chi connectivity index (χ3n) is 2.31. The molecule has 0 unspecified atom stereocenters. The summed E-state index contributed by atoms with van der Waals surface area (Å²) in [5.74, 6) is 0. The number of hydrogen-bond donors (Lipinski definition) is 1. The lowest BCUT2D eigenvalue weighted by Gasteiger charge is -1.98. The molecule has 0 saturated carbocycles. The Morgan fingerprint density at radius 2 is 1.79 bits per heavy atom. The van der Waals surface area contributed by atoms with Crippen molar-refractivity contribution in [2.24, 2.45) is 0 Å². The molecule has 0 atom stereocenters. The van der Waals surface area contributed by atoms with Gasteiger partial charge in [0.25, 0.3) is 0 Å². The SMILES string of the molecule is CC.Cc1cc2c(C)c(C)cnc2[nH]1. The molecule has 0 amide bonds. The molecule has 2 heteroatoms. The van der Waals surface area contributed by atoms with E-state index in [-0.39, 0.29) is 0 Å². The Balaban J connectivity index is 0.000000461. The zero-order valence-electron chi connectivity index (χ0n) is 9.60. The average Bonchev–Trinajstić information content (AvgIpc) is 2.57. The van der Waals surface area contributed by atoms with Gasteiger partial charge in [-0.15, -0.1) is 0 Å². The van der Waals surface area contributed by atoms with E-state index in [1.54, 1.807) is 0 Å². The molecule has 2 nitrogen and oxygen atoms in total. The standard InChI is InChI=1S/C10H12N2.C2H6/c1-6-5-11-10-9(8(6)3)4-7(2)12-10;1-2/h4-5H,1-3H3,(H,11,12);1-2H3. The summed E-state index contributed by atoms with van der Waals surface area (Å²) in [6.07, 6.45) is 1.91. The molecule has 0 aliphatic rings. The van der Waals surface area contributed by atoms with Crippen LogP contribution in [0.25, 0.3) is 11.0 Å². The monoisotopic (exact) mass is 190 g/mol. The highest BCUT2D eigenvalue weighted by Crippen LogP contribution is 2.19. The van der Waals surface area contributed by atoms with Gasteiger partial charge in [-0.3, -0.25) is 0 Å². The van der Waals surface area contributed by atoms with Crippen LogP contribution in [0.2, 0.25) is 0 Å². The van der Waals surface area contributed by atoms with Crippen molar-refractivity contribution in [2.75, 3.05) is 0 Å². The number of H-pyrrole nitrogens is 1. The summed E-state index contributed by atoms with van der Waals surface area (Å²) in [7, 11) is 0. The molecule has 0 saturated heterocycles. The zero-order valence-corrected chi connectivity index (χ0v) is 9.60. The van der Waals surface area contributed by atoms with Crippen molar-refractivity contribution in [3.8, 4) is 0 Å². The zero-order chi connectivity index (χ0) is 10.7. The summed E-state index contributed by atoms with van der Waals surface area (Å²) in [6, 6.07) is 2.14. The van der Waals surface area contributed by atoms with Crippen LogP contribution in [0.15, 0.2) is 12.3 Å². The van der Waals surface area contributed by atoms with Gasteiger partial charge in [-0.25, -0.2) is 4.98 Å². The third-order valence-corrected chi connectivity index (χ3v) is 2.31. The van der Waals surface area contributed by atoms with Gasteiger partial charge < -0.3 is 4.98 Å². The molecule has 76 valence electrons. The number of fused-ring (bicyclic) bond motifs is 1. The second-order valence-corrected chi connectivity index (χ2v) is 3.28. The Morgan fingerprint density at radius 3 is 2.43 bits per heavy atom. The second kappa shape index (κ2) is 4.27. The smallest absolute Gasteiger partial charge is 0.137 e. The van der Waals surface area contributed by atoms with E-state index >= 15 is 0 Å². The predicted octanol–water partition coefficient (Wildman–Crippen LogP) is 3.51. The molecule has 0 spiro atoms. The van der Waals surface area contributed by atoms with Gasteiger partial charge in [0.1, 0.15) is 5.65 Å². The minimum absolute atomic E-state index is 0.996. The van der Waals surface area contributed by atoms with Crippen LogP contribution in [0.3, 0.4) is 0 Å². The van der Waals surface area contributed by atoms with Crippen molar-refractivity contribution in [3.05, 3.63) is 29.1 Å². The molecule has 0 aromatic carbocycles. The highest BCUT2D eigenvalue weighted by Gasteiger charge is 2.02. The minimum atomic E-state index is 0.996. The molecule has 14 heavy (non-hydrogen) atoms. The van der Waals surface area contributed by atoms with Gasteiger partial charge in [-0.1, -0.05) is 13.8 Å². The predicted molar refractivity (Wildman–Crippen MR) is 61.7 cm³/mol. The largest absolute Gasteiger partial charge is 0.344 e. The lowest BCUT2D eigenvalue weighted by Crippen LogP contribution is -1.84. The van der Waals surface area contributed by atoms with E-state index in [2.05, 4.69) is 36.8 Å². The quantitative estimate of drug-likeness (QED) is 0.676. The van der Waals surface area contributed by atoms with Gasteiger partial charge in [0.15, 0.2) is 0 Å². The highest BCUT2D eigenvalue weighted by molar-refractivity contribution is 5.81. The minimum Gasteiger partial charge on any atom is -0.344 e. The van der Waals surface area contributed by atoms with Crippen molar-refractivity contribution >= 4 is 11.0 Å². The summed E-state index contributed by atoms with van der Waals surface area (Å²) >= 11 is 0. The molecule has 2 heterocycles. The van der Waals surface area contributed by atoms with Crippen LogP contribution in [0, 0.1) is 20.8 Å². The topological polar surface area (TPSA) is 28.7 Å². The molecule has 2 rings (SSSR count). The van der Waals surface area contributed by atoms with Crippen LogP contribution in [-0.2, 0) is 0 Å². The fourth-order valence-corrected chi connectivity index (χ4v) is 1.43. The van der Waals surface area contributed by atoms with Gasteiger partial charge in [0.05, 0.1) is 0 Å². The summed E-state index contributed by atoms with van der Waals surface area (Å²) in [6.45, 7) is 10.3. The number of aromatic amines is 1. The van der Waals surface area contributed by atoms with Crippen molar-refractivity contribution < 1.29 is 0 Å². The van der Waals surface area contributed by atoms with Crippen LogP contribution in [-0.4, -0.2) is 9.97 Å². The van der Waals surface area contributed by atoms with E-state index in [0.29, 0.717) is 0 Å². The lowest BCUT2D eigenvalue weighted by molar-refractivity contribution is 1.22. The number of rotatable bonds is 0. The number of aryl methyl sites for hydroxylation is 3. The molecule has 0 aliphatic carbocycles. The molecular weight excluding hydrogens is 172 g/mol. The Bertz CT molecular complexity index is 427. The first-order chi connectivity index (χ1) is 6.68. The Labute approximate surface area is 85.4 Å². The second-order valence-electron chi connectivity index (χ2n) is 3.28. The van der Waals surface area contributed by atoms with Gasteiger partial charge >= 0.3 is 0 Å². The summed E-state index contributed by atoms with van der Waals surface area (Å²) < 4.78 is 0. The fourth-order valence-electron chi connectivity index (χ4n) is 1.43. The van der Waals surface area contributed by atoms with E-state index < -0.39 is 0 Å². The number of hydrogen-bond acceptors (Lipinski definition) is 1. The van der Waals surface area contributed by atoms with E-state index in [1.165, 1.54) is 22.2 Å². The normalized spacial score (nSPS) is 9.79. The molecular formula is C12H18N2. The summed E-state index contributed by atoms with van der Waals surface area (Å²) in [5.41, 5.74) is 4.74.